The van der Waals surface area contributed by atoms with Crippen LogP contribution < -0.4 is 0 Å². The van der Waals surface area contributed by atoms with E-state index in [9.17, 15) is 14.4 Å². The number of benzene rings is 2. The summed E-state index contributed by atoms with van der Waals surface area (Å²) in [5.74, 6) is -2.34. The van der Waals surface area contributed by atoms with Crippen LogP contribution in [0.1, 0.15) is 31.2 Å². The quantitative estimate of drug-likeness (QED) is 0.585. The molecule has 0 saturated heterocycles. The summed E-state index contributed by atoms with van der Waals surface area (Å²) < 4.78 is 0. The fourth-order valence-corrected chi connectivity index (χ4v) is 4.11. The largest absolute Gasteiger partial charge is 0.383 e. The first-order chi connectivity index (χ1) is 13.0. The molecule has 0 unspecified atom stereocenters. The minimum absolute atomic E-state index is 0.0671. The third-order valence-electron chi connectivity index (χ3n) is 3.82. The number of amides is 2. The van der Waals surface area contributed by atoms with Gasteiger partial charge in [-0.1, -0.05) is 46.5 Å². The van der Waals surface area contributed by atoms with E-state index in [2.05, 4.69) is 4.98 Å². The third-order valence-corrected chi connectivity index (χ3v) is 5.31. The summed E-state index contributed by atoms with van der Waals surface area (Å²) in [6, 6.07) is 11.2. The van der Waals surface area contributed by atoms with Crippen molar-refractivity contribution in [1.82, 2.24) is 10.0 Å². The van der Waals surface area contributed by atoms with Crippen LogP contribution in [0.4, 0.5) is 0 Å². The molecule has 4 rings (SSSR count). The highest BCUT2D eigenvalue weighted by Crippen LogP contribution is 2.36. The van der Waals surface area contributed by atoms with E-state index in [4.69, 9.17) is 28.0 Å². The van der Waals surface area contributed by atoms with Crippen molar-refractivity contribution in [1.29, 1.82) is 0 Å². The molecule has 0 atom stereocenters. The first-order valence-electron chi connectivity index (χ1n) is 7.57. The van der Waals surface area contributed by atoms with Gasteiger partial charge in [-0.05, 0) is 24.3 Å². The maximum Gasteiger partial charge on any atom is 0.383 e. The van der Waals surface area contributed by atoms with Crippen LogP contribution in [-0.2, 0) is 4.84 Å². The molecule has 0 fully saturated rings. The van der Waals surface area contributed by atoms with Crippen LogP contribution >= 0.6 is 34.5 Å². The highest BCUT2D eigenvalue weighted by Gasteiger charge is 2.39. The Morgan fingerprint density at radius 1 is 0.963 bits per heavy atom. The van der Waals surface area contributed by atoms with Crippen molar-refractivity contribution in [2.24, 2.45) is 0 Å². The van der Waals surface area contributed by atoms with E-state index in [0.29, 0.717) is 25.7 Å². The van der Waals surface area contributed by atoms with Gasteiger partial charge in [0.2, 0.25) is 0 Å². The van der Waals surface area contributed by atoms with Gasteiger partial charge in [0, 0.05) is 10.9 Å². The van der Waals surface area contributed by atoms with Crippen molar-refractivity contribution in [3.05, 3.63) is 74.7 Å². The van der Waals surface area contributed by atoms with Gasteiger partial charge < -0.3 is 4.84 Å². The Balaban J connectivity index is 1.58. The first kappa shape index (κ1) is 17.7. The fourth-order valence-electron chi connectivity index (χ4n) is 2.56. The predicted molar refractivity (Wildman–Crippen MR) is 99.9 cm³/mol. The van der Waals surface area contributed by atoms with Gasteiger partial charge in [0.05, 0.1) is 21.2 Å². The lowest BCUT2D eigenvalue weighted by atomic mass is 10.1. The van der Waals surface area contributed by atoms with Crippen LogP contribution in [0.3, 0.4) is 0 Å². The zero-order chi connectivity index (χ0) is 19.1. The third kappa shape index (κ3) is 2.99. The molecule has 27 heavy (non-hydrogen) atoms. The van der Waals surface area contributed by atoms with Crippen molar-refractivity contribution >= 4 is 52.3 Å². The van der Waals surface area contributed by atoms with Crippen molar-refractivity contribution in [2.45, 2.75) is 0 Å². The topological polar surface area (TPSA) is 76.6 Å². The summed E-state index contributed by atoms with van der Waals surface area (Å²) in [6.45, 7) is 0. The molecule has 0 aliphatic carbocycles. The number of fused-ring (bicyclic) bond motifs is 1. The Bertz CT molecular complexity index is 1060. The summed E-state index contributed by atoms with van der Waals surface area (Å²) in [5, 5.41) is 3.07. The normalized spacial score (nSPS) is 13.0. The predicted octanol–water partition coefficient (Wildman–Crippen LogP) is 4.48. The van der Waals surface area contributed by atoms with E-state index in [0.717, 1.165) is 11.3 Å². The number of carbonyl (C=O) groups is 3. The van der Waals surface area contributed by atoms with E-state index in [1.54, 1.807) is 30.3 Å². The molecule has 2 amide bonds. The molecule has 0 saturated carbocycles. The van der Waals surface area contributed by atoms with E-state index in [1.807, 2.05) is 0 Å². The molecule has 6 nitrogen and oxygen atoms in total. The van der Waals surface area contributed by atoms with Gasteiger partial charge in [0.1, 0.15) is 5.01 Å². The molecule has 2 aromatic carbocycles. The molecule has 2 heterocycles. The van der Waals surface area contributed by atoms with Crippen LogP contribution in [0, 0.1) is 0 Å². The summed E-state index contributed by atoms with van der Waals surface area (Å²) in [4.78, 5) is 46.1. The summed E-state index contributed by atoms with van der Waals surface area (Å²) in [6.07, 6.45) is 0. The second-order valence-corrected chi connectivity index (χ2v) is 7.14. The van der Waals surface area contributed by atoms with Crippen LogP contribution in [0.15, 0.2) is 47.8 Å². The van der Waals surface area contributed by atoms with Gasteiger partial charge in [-0.25, -0.2) is 9.78 Å². The van der Waals surface area contributed by atoms with Gasteiger partial charge in [-0.2, -0.15) is 0 Å². The van der Waals surface area contributed by atoms with Crippen LogP contribution in [0.25, 0.3) is 10.6 Å². The van der Waals surface area contributed by atoms with Crippen LogP contribution in [0.5, 0.6) is 0 Å². The first-order valence-corrected chi connectivity index (χ1v) is 9.21. The number of imide groups is 1. The number of rotatable bonds is 3. The van der Waals surface area contributed by atoms with Crippen LogP contribution in [-0.4, -0.2) is 27.8 Å². The Hall–Kier alpha value is -2.74. The van der Waals surface area contributed by atoms with Gasteiger partial charge in [-0.3, -0.25) is 9.59 Å². The monoisotopic (exact) mass is 418 g/mol. The Morgan fingerprint density at radius 3 is 2.15 bits per heavy atom. The molecule has 0 N–H and O–H groups in total. The Morgan fingerprint density at radius 2 is 1.56 bits per heavy atom. The molecule has 134 valence electrons. The van der Waals surface area contributed by atoms with E-state index in [1.165, 1.54) is 17.5 Å². The average Bonchev–Trinajstić information content (AvgIpc) is 3.22. The lowest BCUT2D eigenvalue weighted by molar-refractivity contribution is -0.0587. The minimum atomic E-state index is -0.935. The minimum Gasteiger partial charge on any atom is -0.322 e. The molecular formula is C18H8Cl2N2O4S. The zero-order valence-corrected chi connectivity index (χ0v) is 15.6. The summed E-state index contributed by atoms with van der Waals surface area (Å²) in [7, 11) is 0. The molecule has 0 radical (unpaired) electrons. The average molecular weight is 419 g/mol. The molecule has 1 aromatic heterocycles. The molecule has 0 bridgehead atoms. The Labute approximate surface area is 166 Å². The molecule has 3 aromatic rings. The lowest BCUT2D eigenvalue weighted by Crippen LogP contribution is -2.32. The summed E-state index contributed by atoms with van der Waals surface area (Å²) in [5.41, 5.74) is 0.780. The number of halogens is 2. The maximum atomic E-state index is 12.4. The SMILES string of the molecule is O=C(ON1C(=O)c2ccccc2C1=O)c1csc(-c2c(Cl)cccc2Cl)n1. The number of hydrogen-bond donors (Lipinski definition) is 0. The van der Waals surface area contributed by atoms with Crippen molar-refractivity contribution < 1.29 is 19.2 Å². The zero-order valence-electron chi connectivity index (χ0n) is 13.3. The van der Waals surface area contributed by atoms with Crippen LogP contribution in [0.2, 0.25) is 10.0 Å². The van der Waals surface area contributed by atoms with Gasteiger partial charge in [0.25, 0.3) is 11.8 Å². The number of hydrogen-bond acceptors (Lipinski definition) is 6. The number of aromatic nitrogens is 1. The Kier molecular flexibility index (Phi) is 4.43. The number of hydroxylamine groups is 2. The number of nitrogens with zero attached hydrogens (tertiary/aromatic N) is 2. The van der Waals surface area contributed by atoms with Gasteiger partial charge in [0.15, 0.2) is 5.69 Å². The van der Waals surface area contributed by atoms with Gasteiger partial charge >= 0.3 is 5.97 Å². The maximum absolute atomic E-state index is 12.4. The smallest absolute Gasteiger partial charge is 0.322 e. The molecular weight excluding hydrogens is 411 g/mol. The molecule has 1 aliphatic heterocycles. The number of carbonyl (C=O) groups excluding carboxylic acids is 3. The standard InChI is InChI=1S/C18H8Cl2N2O4S/c19-11-6-3-7-12(20)14(11)15-21-13(8-27-15)18(25)26-22-16(23)9-4-1-2-5-10(9)17(22)24/h1-8H. The van der Waals surface area contributed by atoms with Crippen molar-refractivity contribution in [3.8, 4) is 10.6 Å². The van der Waals surface area contributed by atoms with Crippen molar-refractivity contribution in [3.63, 3.8) is 0 Å². The fraction of sp³-hybridized carbons (Fsp3) is 0. The van der Waals surface area contributed by atoms with Crippen molar-refractivity contribution in [2.75, 3.05) is 0 Å². The molecule has 0 spiro atoms. The second-order valence-electron chi connectivity index (χ2n) is 5.46. The highest BCUT2D eigenvalue weighted by molar-refractivity contribution is 7.13. The highest BCUT2D eigenvalue weighted by atomic mass is 35.5. The molecule has 1 aliphatic rings. The summed E-state index contributed by atoms with van der Waals surface area (Å²) >= 11 is 13.4. The lowest BCUT2D eigenvalue weighted by Gasteiger charge is -2.11. The number of thiazole rings is 1. The van der Waals surface area contributed by atoms with Gasteiger partial charge in [-0.15, -0.1) is 11.3 Å². The van der Waals surface area contributed by atoms with E-state index < -0.39 is 17.8 Å². The van der Waals surface area contributed by atoms with E-state index in [-0.39, 0.29) is 16.8 Å². The van der Waals surface area contributed by atoms with E-state index >= 15 is 0 Å². The molecule has 9 heteroatoms. The second kappa shape index (κ2) is 6.77.